The summed E-state index contributed by atoms with van der Waals surface area (Å²) in [6.45, 7) is 0. The monoisotopic (exact) mass is 311 g/mol. The highest BCUT2D eigenvalue weighted by atomic mass is 35.5. The van der Waals surface area contributed by atoms with E-state index in [-0.39, 0.29) is 0 Å². The largest absolute Gasteiger partial charge is 0.464 e. The van der Waals surface area contributed by atoms with Crippen LogP contribution in [0.5, 0.6) is 0 Å². The van der Waals surface area contributed by atoms with Gasteiger partial charge in [0, 0.05) is 11.1 Å². The lowest BCUT2D eigenvalue weighted by Crippen LogP contribution is -1.80. The Morgan fingerprint density at radius 2 is 1.90 bits per heavy atom. The number of para-hydroxylation sites is 1. The van der Waals surface area contributed by atoms with Crippen LogP contribution in [0.1, 0.15) is 0 Å². The lowest BCUT2D eigenvalue weighted by Gasteiger charge is -2.03. The molecule has 0 radical (unpaired) electrons. The van der Waals surface area contributed by atoms with Crippen LogP contribution in [0.15, 0.2) is 65.3 Å². The van der Waals surface area contributed by atoms with E-state index in [2.05, 4.69) is 11.1 Å². The highest BCUT2D eigenvalue weighted by Gasteiger charge is 2.11. The van der Waals surface area contributed by atoms with Gasteiger partial charge in [0.2, 0.25) is 0 Å². The molecule has 0 unspecified atom stereocenters. The molecule has 21 heavy (non-hydrogen) atoms. The number of nitrogens with zero attached hydrogens (tertiary/aromatic N) is 1. The van der Waals surface area contributed by atoms with E-state index in [1.165, 1.54) is 4.70 Å². The zero-order chi connectivity index (χ0) is 14.2. The van der Waals surface area contributed by atoms with E-state index in [4.69, 9.17) is 16.0 Å². The first kappa shape index (κ1) is 12.6. The molecule has 0 atom stereocenters. The van der Waals surface area contributed by atoms with E-state index >= 15 is 0 Å². The van der Waals surface area contributed by atoms with Crippen molar-refractivity contribution in [2.75, 3.05) is 0 Å². The van der Waals surface area contributed by atoms with Crippen molar-refractivity contribution < 1.29 is 4.42 Å². The molecule has 2 aromatic carbocycles. The topological polar surface area (TPSA) is 26.0 Å². The van der Waals surface area contributed by atoms with Gasteiger partial charge in [-0.05, 0) is 36.4 Å². The minimum atomic E-state index is 0.683. The normalized spacial score (nSPS) is 11.1. The molecule has 0 aliphatic rings. The first-order valence-electron chi connectivity index (χ1n) is 6.50. The average Bonchev–Trinajstić information content (AvgIpc) is 3.16. The molecular formula is C17H10ClNOS. The predicted octanol–water partition coefficient (Wildman–Crippen LogP) is 5.88. The fourth-order valence-corrected chi connectivity index (χ4v) is 3.60. The molecule has 0 saturated carbocycles. The third-order valence-electron chi connectivity index (χ3n) is 3.30. The highest BCUT2D eigenvalue weighted by molar-refractivity contribution is 7.21. The first-order valence-corrected chi connectivity index (χ1v) is 7.70. The van der Waals surface area contributed by atoms with Gasteiger partial charge in [-0.1, -0.05) is 29.8 Å². The summed E-state index contributed by atoms with van der Waals surface area (Å²) in [5.74, 6) is 0.813. The van der Waals surface area contributed by atoms with Gasteiger partial charge in [0.1, 0.15) is 10.8 Å². The molecule has 0 aliphatic heterocycles. The van der Waals surface area contributed by atoms with Crippen LogP contribution in [0.25, 0.3) is 32.1 Å². The zero-order valence-electron chi connectivity index (χ0n) is 10.9. The molecule has 0 fully saturated rings. The third-order valence-corrected chi connectivity index (χ3v) is 4.68. The molecule has 0 spiro atoms. The van der Waals surface area contributed by atoms with Gasteiger partial charge in [0.25, 0.3) is 0 Å². The van der Waals surface area contributed by atoms with Gasteiger partial charge >= 0.3 is 0 Å². The maximum atomic E-state index is 6.43. The Balaban J connectivity index is 1.81. The van der Waals surface area contributed by atoms with Crippen LogP contribution in [-0.4, -0.2) is 4.98 Å². The van der Waals surface area contributed by atoms with Crippen molar-refractivity contribution in [2.24, 2.45) is 0 Å². The van der Waals surface area contributed by atoms with Crippen LogP contribution in [0.4, 0.5) is 0 Å². The summed E-state index contributed by atoms with van der Waals surface area (Å²) in [6.07, 6.45) is 1.66. The van der Waals surface area contributed by atoms with E-state index in [9.17, 15) is 0 Å². The average molecular weight is 312 g/mol. The molecule has 0 amide bonds. The number of furan rings is 1. The fourth-order valence-electron chi connectivity index (χ4n) is 2.27. The van der Waals surface area contributed by atoms with Gasteiger partial charge in [-0.25, -0.2) is 4.98 Å². The van der Waals surface area contributed by atoms with E-state index in [1.54, 1.807) is 17.6 Å². The Kier molecular flexibility index (Phi) is 3.02. The minimum absolute atomic E-state index is 0.683. The number of benzene rings is 2. The maximum Gasteiger partial charge on any atom is 0.133 e. The van der Waals surface area contributed by atoms with Crippen molar-refractivity contribution in [3.8, 4) is 21.9 Å². The van der Waals surface area contributed by atoms with E-state index in [0.717, 1.165) is 27.4 Å². The van der Waals surface area contributed by atoms with Crippen molar-refractivity contribution in [2.45, 2.75) is 0 Å². The second-order valence-electron chi connectivity index (χ2n) is 4.66. The Morgan fingerprint density at radius 1 is 1.00 bits per heavy atom. The summed E-state index contributed by atoms with van der Waals surface area (Å²) in [6, 6.07) is 17.8. The second kappa shape index (κ2) is 5.02. The molecule has 0 N–H and O–H groups in total. The molecule has 0 bridgehead atoms. The number of hydrogen-bond acceptors (Lipinski definition) is 3. The van der Waals surface area contributed by atoms with E-state index < -0.39 is 0 Å². The van der Waals surface area contributed by atoms with Gasteiger partial charge in [0.15, 0.2) is 0 Å². The van der Waals surface area contributed by atoms with Gasteiger partial charge < -0.3 is 4.42 Å². The number of aromatic nitrogens is 1. The zero-order valence-corrected chi connectivity index (χ0v) is 12.5. The van der Waals surface area contributed by atoms with Crippen LogP contribution in [0, 0.1) is 0 Å². The van der Waals surface area contributed by atoms with Crippen LogP contribution in [0.2, 0.25) is 5.02 Å². The Labute approximate surface area is 130 Å². The summed E-state index contributed by atoms with van der Waals surface area (Å²) in [4.78, 5) is 4.65. The standard InChI is InChI=1S/C17H10ClNOS/c18-13-10-11(15-5-3-9-20-15)7-8-12(13)17-19-14-4-1-2-6-16(14)21-17/h1-10H. The number of hydrogen-bond donors (Lipinski definition) is 0. The molecule has 4 rings (SSSR count). The van der Waals surface area contributed by atoms with E-state index in [1.807, 2.05) is 48.5 Å². The molecule has 4 heteroatoms. The van der Waals surface area contributed by atoms with Gasteiger partial charge in [-0.2, -0.15) is 0 Å². The van der Waals surface area contributed by atoms with Crippen LogP contribution >= 0.6 is 22.9 Å². The molecule has 0 saturated heterocycles. The lowest BCUT2D eigenvalue weighted by atomic mass is 10.1. The number of halogens is 1. The summed E-state index contributed by atoms with van der Waals surface area (Å²) >= 11 is 8.08. The number of rotatable bonds is 2. The molecule has 2 aromatic heterocycles. The first-order chi connectivity index (χ1) is 10.3. The fraction of sp³-hybridized carbons (Fsp3) is 0. The van der Waals surface area contributed by atoms with Crippen molar-refractivity contribution >= 4 is 33.2 Å². The number of thiazole rings is 1. The van der Waals surface area contributed by atoms with Crippen LogP contribution < -0.4 is 0 Å². The third kappa shape index (κ3) is 2.24. The Bertz CT molecular complexity index is 879. The molecular weight excluding hydrogens is 302 g/mol. The summed E-state index contributed by atoms with van der Waals surface area (Å²) < 4.78 is 6.56. The van der Waals surface area contributed by atoms with E-state index in [0.29, 0.717) is 5.02 Å². The van der Waals surface area contributed by atoms with Crippen LogP contribution in [-0.2, 0) is 0 Å². The maximum absolute atomic E-state index is 6.43. The molecule has 102 valence electrons. The molecule has 4 aromatic rings. The highest BCUT2D eigenvalue weighted by Crippen LogP contribution is 2.36. The minimum Gasteiger partial charge on any atom is -0.464 e. The van der Waals surface area contributed by atoms with Gasteiger partial charge in [0.05, 0.1) is 21.5 Å². The summed E-state index contributed by atoms with van der Waals surface area (Å²) in [7, 11) is 0. The van der Waals surface area contributed by atoms with Crippen molar-refractivity contribution in [3.63, 3.8) is 0 Å². The predicted molar refractivity (Wildman–Crippen MR) is 87.8 cm³/mol. The summed E-state index contributed by atoms with van der Waals surface area (Å²) in [5, 5.41) is 1.62. The smallest absolute Gasteiger partial charge is 0.133 e. The van der Waals surface area contributed by atoms with Crippen molar-refractivity contribution in [1.29, 1.82) is 0 Å². The Morgan fingerprint density at radius 3 is 2.67 bits per heavy atom. The quantitative estimate of drug-likeness (QED) is 0.462. The number of fused-ring (bicyclic) bond motifs is 1. The lowest BCUT2D eigenvalue weighted by molar-refractivity contribution is 0.582. The second-order valence-corrected chi connectivity index (χ2v) is 6.10. The Hall–Kier alpha value is -2.10. The van der Waals surface area contributed by atoms with Gasteiger partial charge in [-0.3, -0.25) is 0 Å². The van der Waals surface area contributed by atoms with Crippen LogP contribution in [0.3, 0.4) is 0 Å². The van der Waals surface area contributed by atoms with Crippen molar-refractivity contribution in [1.82, 2.24) is 4.98 Å². The van der Waals surface area contributed by atoms with Gasteiger partial charge in [-0.15, -0.1) is 11.3 Å². The SMILES string of the molecule is Clc1cc(-c2ccco2)ccc1-c1nc2ccccc2s1. The van der Waals surface area contributed by atoms with Crippen molar-refractivity contribution in [3.05, 3.63) is 65.9 Å². The summed E-state index contributed by atoms with van der Waals surface area (Å²) in [5.41, 5.74) is 2.92. The molecule has 2 heterocycles. The molecule has 2 nitrogen and oxygen atoms in total. The molecule has 0 aliphatic carbocycles.